The van der Waals surface area contributed by atoms with Gasteiger partial charge in [-0.2, -0.15) is 0 Å². The molecule has 0 aromatic carbocycles. The van der Waals surface area contributed by atoms with E-state index in [0.29, 0.717) is 19.2 Å². The van der Waals surface area contributed by atoms with Crippen LogP contribution in [-0.4, -0.2) is 55.7 Å². The van der Waals surface area contributed by atoms with Gasteiger partial charge in [0.25, 0.3) is 0 Å². The second-order valence-corrected chi connectivity index (χ2v) is 5.56. The topological polar surface area (TPSA) is 53.6 Å². The number of piperidine rings is 1. The van der Waals surface area contributed by atoms with Crippen LogP contribution < -0.4 is 10.6 Å². The smallest absolute Gasteiger partial charge is 0.237 e. The van der Waals surface area contributed by atoms with Crippen molar-refractivity contribution < 1.29 is 9.53 Å². The highest BCUT2D eigenvalue weighted by Crippen LogP contribution is 2.24. The minimum Gasteiger partial charge on any atom is -0.502 e. The van der Waals surface area contributed by atoms with Crippen molar-refractivity contribution in [2.75, 3.05) is 32.8 Å². The van der Waals surface area contributed by atoms with Gasteiger partial charge in [-0.05, 0) is 51.7 Å². The second-order valence-electron chi connectivity index (χ2n) is 5.56. The Morgan fingerprint density at radius 2 is 2.20 bits per heavy atom. The van der Waals surface area contributed by atoms with Crippen LogP contribution in [-0.2, 0) is 9.53 Å². The van der Waals surface area contributed by atoms with E-state index in [-0.39, 0.29) is 11.9 Å². The van der Waals surface area contributed by atoms with Gasteiger partial charge in [0.2, 0.25) is 5.91 Å². The Labute approximate surface area is 121 Å². The molecule has 1 atom stereocenters. The van der Waals surface area contributed by atoms with Gasteiger partial charge in [-0.15, -0.1) is 0 Å². The third kappa shape index (κ3) is 4.21. The molecule has 20 heavy (non-hydrogen) atoms. The molecule has 0 bridgehead atoms. The highest BCUT2D eigenvalue weighted by atomic mass is 16.5. The summed E-state index contributed by atoms with van der Waals surface area (Å²) in [7, 11) is 0. The Hall–Kier alpha value is -1.07. The van der Waals surface area contributed by atoms with E-state index in [0.717, 1.165) is 51.7 Å². The Kier molecular flexibility index (Phi) is 6.33. The average Bonchev–Trinajstić information content (AvgIpc) is 2.97. The lowest BCUT2D eigenvalue weighted by molar-refractivity contribution is -0.126. The second kappa shape index (κ2) is 8.27. The number of rotatable bonds is 7. The summed E-state index contributed by atoms with van der Waals surface area (Å²) in [6.45, 7) is 8.03. The molecule has 0 saturated carbocycles. The van der Waals surface area contributed by atoms with E-state index < -0.39 is 0 Å². The highest BCUT2D eigenvalue weighted by Gasteiger charge is 2.35. The van der Waals surface area contributed by atoms with Crippen LogP contribution in [0.3, 0.4) is 0 Å². The number of hydrogen-bond donors (Lipinski definition) is 2. The van der Waals surface area contributed by atoms with Crippen LogP contribution >= 0.6 is 0 Å². The van der Waals surface area contributed by atoms with Crippen molar-refractivity contribution in [2.45, 2.75) is 44.2 Å². The number of nitrogens with zero attached hydrogens (tertiary/aromatic N) is 1. The SMILES string of the molecule is C=COCCCNC(=O)C1CCCN1C1CCNCC1. The van der Waals surface area contributed by atoms with Crippen LogP contribution in [0.15, 0.2) is 12.8 Å². The quantitative estimate of drug-likeness (QED) is 0.537. The van der Waals surface area contributed by atoms with E-state index in [1.807, 2.05) is 0 Å². The predicted molar refractivity (Wildman–Crippen MR) is 79.4 cm³/mol. The van der Waals surface area contributed by atoms with E-state index in [2.05, 4.69) is 22.1 Å². The third-order valence-corrected chi connectivity index (χ3v) is 4.23. The number of likely N-dealkylation sites (tertiary alicyclic amines) is 1. The molecule has 2 saturated heterocycles. The van der Waals surface area contributed by atoms with Crippen LogP contribution in [0.2, 0.25) is 0 Å². The molecule has 114 valence electrons. The summed E-state index contributed by atoms with van der Waals surface area (Å²) in [5.74, 6) is 0.194. The van der Waals surface area contributed by atoms with Gasteiger partial charge >= 0.3 is 0 Å². The first-order chi connectivity index (χ1) is 9.83. The fraction of sp³-hybridized carbons (Fsp3) is 0.800. The number of hydrogen-bond acceptors (Lipinski definition) is 4. The zero-order valence-electron chi connectivity index (χ0n) is 12.3. The maximum absolute atomic E-state index is 12.3. The van der Waals surface area contributed by atoms with E-state index in [9.17, 15) is 4.79 Å². The molecule has 0 spiro atoms. The van der Waals surface area contributed by atoms with Gasteiger partial charge in [-0.3, -0.25) is 9.69 Å². The van der Waals surface area contributed by atoms with Crippen LogP contribution in [0.25, 0.3) is 0 Å². The van der Waals surface area contributed by atoms with Gasteiger partial charge in [-0.25, -0.2) is 0 Å². The molecule has 0 radical (unpaired) electrons. The molecular formula is C15H27N3O2. The molecule has 5 heteroatoms. The minimum absolute atomic E-state index is 0.0819. The lowest BCUT2D eigenvalue weighted by atomic mass is 10.0. The summed E-state index contributed by atoms with van der Waals surface area (Å²) >= 11 is 0. The molecule has 0 aromatic rings. The molecule has 1 amide bonds. The standard InChI is InChI=1S/C15H27N3O2/c1-2-20-12-4-8-17-15(19)14-5-3-11-18(14)13-6-9-16-10-7-13/h2,13-14,16H,1,3-12H2,(H,17,19). The third-order valence-electron chi connectivity index (χ3n) is 4.23. The summed E-state index contributed by atoms with van der Waals surface area (Å²) in [4.78, 5) is 14.7. The Balaban J connectivity index is 1.74. The number of ether oxygens (including phenoxy) is 1. The van der Waals surface area contributed by atoms with Gasteiger partial charge in [0.05, 0.1) is 18.9 Å². The average molecular weight is 281 g/mol. The molecule has 0 aromatic heterocycles. The van der Waals surface area contributed by atoms with Crippen molar-refractivity contribution in [3.8, 4) is 0 Å². The Bertz CT molecular complexity index is 316. The fourth-order valence-electron chi connectivity index (χ4n) is 3.21. The maximum Gasteiger partial charge on any atom is 0.237 e. The zero-order valence-corrected chi connectivity index (χ0v) is 12.3. The zero-order chi connectivity index (χ0) is 14.2. The molecule has 2 fully saturated rings. The van der Waals surface area contributed by atoms with Crippen molar-refractivity contribution in [1.82, 2.24) is 15.5 Å². The summed E-state index contributed by atoms with van der Waals surface area (Å²) < 4.78 is 5.05. The largest absolute Gasteiger partial charge is 0.502 e. The van der Waals surface area contributed by atoms with Crippen molar-refractivity contribution >= 4 is 5.91 Å². The summed E-state index contributed by atoms with van der Waals surface area (Å²) in [5, 5.41) is 6.43. The van der Waals surface area contributed by atoms with E-state index in [1.165, 1.54) is 6.26 Å². The van der Waals surface area contributed by atoms with Gasteiger partial charge in [0.15, 0.2) is 0 Å². The summed E-state index contributed by atoms with van der Waals surface area (Å²) in [6, 6.07) is 0.664. The molecule has 2 rings (SSSR count). The number of amides is 1. The van der Waals surface area contributed by atoms with Gasteiger partial charge in [0.1, 0.15) is 0 Å². The predicted octanol–water partition coefficient (Wildman–Crippen LogP) is 0.869. The van der Waals surface area contributed by atoms with E-state index in [4.69, 9.17) is 4.74 Å². The maximum atomic E-state index is 12.3. The van der Waals surface area contributed by atoms with Crippen LogP contribution in [0.4, 0.5) is 0 Å². The van der Waals surface area contributed by atoms with Gasteiger partial charge < -0.3 is 15.4 Å². The first kappa shape index (κ1) is 15.3. The van der Waals surface area contributed by atoms with Crippen LogP contribution in [0, 0.1) is 0 Å². The number of carbonyl (C=O) groups excluding carboxylic acids is 1. The molecule has 2 N–H and O–H groups in total. The molecule has 2 heterocycles. The number of nitrogens with one attached hydrogen (secondary N) is 2. The Morgan fingerprint density at radius 1 is 1.40 bits per heavy atom. The molecule has 2 aliphatic heterocycles. The van der Waals surface area contributed by atoms with Crippen LogP contribution in [0.5, 0.6) is 0 Å². The van der Waals surface area contributed by atoms with Gasteiger partial charge in [0, 0.05) is 12.6 Å². The summed E-state index contributed by atoms with van der Waals surface area (Å²) in [5.41, 5.74) is 0. The molecule has 5 nitrogen and oxygen atoms in total. The molecule has 0 aliphatic carbocycles. The minimum atomic E-state index is 0.0819. The first-order valence-electron chi connectivity index (χ1n) is 7.79. The fourth-order valence-corrected chi connectivity index (χ4v) is 3.21. The highest BCUT2D eigenvalue weighted by molar-refractivity contribution is 5.82. The normalized spacial score (nSPS) is 24.5. The molecular weight excluding hydrogens is 254 g/mol. The summed E-state index contributed by atoms with van der Waals surface area (Å²) in [6.07, 6.45) is 6.74. The number of carbonyl (C=O) groups is 1. The van der Waals surface area contributed by atoms with Crippen molar-refractivity contribution in [2.24, 2.45) is 0 Å². The van der Waals surface area contributed by atoms with Gasteiger partial charge in [-0.1, -0.05) is 6.58 Å². The van der Waals surface area contributed by atoms with Crippen molar-refractivity contribution in [3.63, 3.8) is 0 Å². The monoisotopic (exact) mass is 281 g/mol. The van der Waals surface area contributed by atoms with E-state index >= 15 is 0 Å². The first-order valence-corrected chi connectivity index (χ1v) is 7.79. The molecule has 1 unspecified atom stereocenters. The van der Waals surface area contributed by atoms with Crippen molar-refractivity contribution in [3.05, 3.63) is 12.8 Å². The molecule has 2 aliphatic rings. The lowest BCUT2D eigenvalue weighted by Gasteiger charge is -2.35. The van der Waals surface area contributed by atoms with Crippen LogP contribution in [0.1, 0.15) is 32.1 Å². The van der Waals surface area contributed by atoms with Crippen molar-refractivity contribution in [1.29, 1.82) is 0 Å². The van der Waals surface area contributed by atoms with E-state index in [1.54, 1.807) is 0 Å². The Morgan fingerprint density at radius 3 is 2.95 bits per heavy atom. The lowest BCUT2D eigenvalue weighted by Crippen LogP contribution is -2.50.